The van der Waals surface area contributed by atoms with E-state index in [0.717, 1.165) is 18.1 Å². The van der Waals surface area contributed by atoms with Gasteiger partial charge in [0.15, 0.2) is 0 Å². The van der Waals surface area contributed by atoms with Gasteiger partial charge in [-0.15, -0.1) is 0 Å². The molecule has 1 atom stereocenters. The summed E-state index contributed by atoms with van der Waals surface area (Å²) in [6.45, 7) is 3.26. The smallest absolute Gasteiger partial charge is 0.149 e. The maximum Gasteiger partial charge on any atom is 0.149 e. The minimum atomic E-state index is 0.573. The van der Waals surface area contributed by atoms with Crippen molar-refractivity contribution in [3.05, 3.63) is 18.3 Å². The first kappa shape index (κ1) is 9.31. The fourth-order valence-electron chi connectivity index (χ4n) is 1.87. The van der Waals surface area contributed by atoms with Crippen LogP contribution in [0.2, 0.25) is 0 Å². The molecule has 0 aromatic carbocycles. The maximum atomic E-state index is 4.34. The van der Waals surface area contributed by atoms with Crippen molar-refractivity contribution in [2.24, 2.45) is 0 Å². The summed E-state index contributed by atoms with van der Waals surface area (Å²) in [6.07, 6.45) is 5.45. The van der Waals surface area contributed by atoms with Gasteiger partial charge in [-0.2, -0.15) is 0 Å². The molecule has 14 heavy (non-hydrogen) atoms. The molecule has 1 unspecified atom stereocenters. The zero-order chi connectivity index (χ0) is 9.80. The number of anilines is 2. The Labute approximate surface area is 84.9 Å². The lowest BCUT2D eigenvalue weighted by molar-refractivity contribution is 0.614. The van der Waals surface area contributed by atoms with E-state index in [1.807, 2.05) is 12.3 Å². The third kappa shape index (κ3) is 1.97. The van der Waals surface area contributed by atoms with Crippen molar-refractivity contribution in [2.75, 3.05) is 17.2 Å². The monoisotopic (exact) mass is 191 g/mol. The molecule has 0 radical (unpaired) electrons. The third-order valence-electron chi connectivity index (χ3n) is 2.59. The number of hydrogen-bond donors (Lipinski definition) is 2. The van der Waals surface area contributed by atoms with Gasteiger partial charge in [0.2, 0.25) is 0 Å². The van der Waals surface area contributed by atoms with E-state index < -0.39 is 0 Å². The standard InChI is InChI=1S/C11H17N3/c1-2-4-9-6-8-12-10-5-3-7-13-11(10)14-9/h3,5,7,9,12H,2,4,6,8H2,1H3,(H,13,14). The quantitative estimate of drug-likeness (QED) is 0.754. The minimum Gasteiger partial charge on any atom is -0.382 e. The summed E-state index contributed by atoms with van der Waals surface area (Å²) in [5, 5.41) is 6.88. The van der Waals surface area contributed by atoms with Crippen molar-refractivity contribution in [2.45, 2.75) is 32.2 Å². The van der Waals surface area contributed by atoms with Crippen LogP contribution in [0.25, 0.3) is 0 Å². The molecule has 3 nitrogen and oxygen atoms in total. The molecule has 1 aliphatic heterocycles. The summed E-state index contributed by atoms with van der Waals surface area (Å²) in [4.78, 5) is 4.34. The molecule has 1 aromatic heterocycles. The number of nitrogens with one attached hydrogen (secondary N) is 2. The molecule has 0 aliphatic carbocycles. The molecule has 2 N–H and O–H groups in total. The van der Waals surface area contributed by atoms with Gasteiger partial charge >= 0.3 is 0 Å². The van der Waals surface area contributed by atoms with Gasteiger partial charge in [0, 0.05) is 18.8 Å². The zero-order valence-corrected chi connectivity index (χ0v) is 8.59. The first-order chi connectivity index (χ1) is 6.90. The SMILES string of the molecule is CCCC1CCNc2cccnc2N1. The second-order valence-electron chi connectivity index (χ2n) is 3.74. The van der Waals surface area contributed by atoms with E-state index in [0.29, 0.717) is 6.04 Å². The molecule has 2 heterocycles. The molecule has 3 heteroatoms. The van der Waals surface area contributed by atoms with E-state index >= 15 is 0 Å². The lowest BCUT2D eigenvalue weighted by atomic mass is 10.1. The summed E-state index contributed by atoms with van der Waals surface area (Å²) in [5.41, 5.74) is 1.13. The first-order valence-electron chi connectivity index (χ1n) is 5.35. The lowest BCUT2D eigenvalue weighted by Gasteiger charge is -2.15. The normalized spacial score (nSPS) is 20.2. The molecule has 1 aromatic rings. The molecule has 0 saturated heterocycles. The highest BCUT2D eigenvalue weighted by Crippen LogP contribution is 2.23. The van der Waals surface area contributed by atoms with Crippen LogP contribution in [0.3, 0.4) is 0 Å². The first-order valence-corrected chi connectivity index (χ1v) is 5.35. The highest BCUT2D eigenvalue weighted by atomic mass is 15.1. The van der Waals surface area contributed by atoms with Crippen LogP contribution in [0.4, 0.5) is 11.5 Å². The minimum absolute atomic E-state index is 0.573. The molecule has 0 bridgehead atoms. The maximum absolute atomic E-state index is 4.34. The third-order valence-corrected chi connectivity index (χ3v) is 2.59. The molecule has 0 amide bonds. The Hall–Kier alpha value is -1.25. The van der Waals surface area contributed by atoms with Crippen LogP contribution in [0, 0.1) is 0 Å². The Kier molecular flexibility index (Phi) is 2.87. The van der Waals surface area contributed by atoms with Crippen molar-refractivity contribution in [3.63, 3.8) is 0 Å². The van der Waals surface area contributed by atoms with E-state index in [1.54, 1.807) is 0 Å². The molecule has 0 spiro atoms. The number of hydrogen-bond acceptors (Lipinski definition) is 3. The van der Waals surface area contributed by atoms with E-state index in [4.69, 9.17) is 0 Å². The van der Waals surface area contributed by atoms with Crippen LogP contribution in [-0.4, -0.2) is 17.6 Å². The van der Waals surface area contributed by atoms with Crippen LogP contribution in [0.5, 0.6) is 0 Å². The number of nitrogens with zero attached hydrogens (tertiary/aromatic N) is 1. The van der Waals surface area contributed by atoms with Gasteiger partial charge in [-0.05, 0) is 25.0 Å². The Bertz CT molecular complexity index is 298. The molecule has 2 rings (SSSR count). The van der Waals surface area contributed by atoms with E-state index in [1.165, 1.54) is 19.3 Å². The summed E-state index contributed by atoms with van der Waals surface area (Å²) in [6, 6.07) is 4.61. The Morgan fingerprint density at radius 1 is 1.57 bits per heavy atom. The predicted molar refractivity (Wildman–Crippen MR) is 59.7 cm³/mol. The van der Waals surface area contributed by atoms with Crippen molar-refractivity contribution in [1.82, 2.24) is 4.98 Å². The largest absolute Gasteiger partial charge is 0.382 e. The predicted octanol–water partition coefficient (Wildman–Crippen LogP) is 2.48. The Balaban J connectivity index is 2.14. The summed E-state index contributed by atoms with van der Waals surface area (Å²) in [7, 11) is 0. The van der Waals surface area contributed by atoms with E-state index in [9.17, 15) is 0 Å². The number of pyridine rings is 1. The van der Waals surface area contributed by atoms with Crippen LogP contribution in [0.15, 0.2) is 18.3 Å². The average molecular weight is 191 g/mol. The van der Waals surface area contributed by atoms with Gasteiger partial charge in [0.25, 0.3) is 0 Å². The Morgan fingerprint density at radius 3 is 3.36 bits per heavy atom. The number of fused-ring (bicyclic) bond motifs is 1. The Morgan fingerprint density at radius 2 is 2.50 bits per heavy atom. The zero-order valence-electron chi connectivity index (χ0n) is 8.59. The second kappa shape index (κ2) is 4.31. The fourth-order valence-corrected chi connectivity index (χ4v) is 1.87. The number of aromatic nitrogens is 1. The van der Waals surface area contributed by atoms with Crippen LogP contribution < -0.4 is 10.6 Å². The van der Waals surface area contributed by atoms with Gasteiger partial charge in [0.1, 0.15) is 5.82 Å². The van der Waals surface area contributed by atoms with Crippen LogP contribution >= 0.6 is 0 Å². The van der Waals surface area contributed by atoms with Crippen molar-refractivity contribution in [1.29, 1.82) is 0 Å². The van der Waals surface area contributed by atoms with E-state index in [2.05, 4.69) is 28.6 Å². The average Bonchev–Trinajstić information content (AvgIpc) is 2.40. The summed E-state index contributed by atoms with van der Waals surface area (Å²) < 4.78 is 0. The molecule has 76 valence electrons. The van der Waals surface area contributed by atoms with Crippen molar-refractivity contribution in [3.8, 4) is 0 Å². The van der Waals surface area contributed by atoms with Gasteiger partial charge in [-0.3, -0.25) is 0 Å². The highest BCUT2D eigenvalue weighted by Gasteiger charge is 2.14. The van der Waals surface area contributed by atoms with Crippen LogP contribution in [0.1, 0.15) is 26.2 Å². The molecule has 0 fully saturated rings. The number of rotatable bonds is 2. The van der Waals surface area contributed by atoms with Crippen molar-refractivity contribution >= 4 is 11.5 Å². The fraction of sp³-hybridized carbons (Fsp3) is 0.545. The summed E-state index contributed by atoms with van der Waals surface area (Å²) in [5.74, 6) is 1.00. The second-order valence-corrected chi connectivity index (χ2v) is 3.74. The molecular weight excluding hydrogens is 174 g/mol. The summed E-state index contributed by atoms with van der Waals surface area (Å²) >= 11 is 0. The van der Waals surface area contributed by atoms with Gasteiger partial charge < -0.3 is 10.6 Å². The molecule has 0 saturated carbocycles. The topological polar surface area (TPSA) is 37.0 Å². The van der Waals surface area contributed by atoms with Crippen LogP contribution in [-0.2, 0) is 0 Å². The molecular formula is C11H17N3. The van der Waals surface area contributed by atoms with E-state index in [-0.39, 0.29) is 0 Å². The highest BCUT2D eigenvalue weighted by molar-refractivity contribution is 5.65. The van der Waals surface area contributed by atoms with Gasteiger partial charge in [-0.25, -0.2) is 4.98 Å². The molecule has 1 aliphatic rings. The van der Waals surface area contributed by atoms with Gasteiger partial charge in [-0.1, -0.05) is 13.3 Å². The van der Waals surface area contributed by atoms with Gasteiger partial charge in [0.05, 0.1) is 5.69 Å². The lowest BCUT2D eigenvalue weighted by Crippen LogP contribution is -2.19. The van der Waals surface area contributed by atoms with Crippen molar-refractivity contribution < 1.29 is 0 Å².